The van der Waals surface area contributed by atoms with Crippen LogP contribution in [0.5, 0.6) is 0 Å². The summed E-state index contributed by atoms with van der Waals surface area (Å²) in [7, 11) is 3.84. The highest BCUT2D eigenvalue weighted by Crippen LogP contribution is 2.16. The Morgan fingerprint density at radius 2 is 1.94 bits per heavy atom. The predicted octanol–water partition coefficient (Wildman–Crippen LogP) is 1.44. The highest BCUT2D eigenvalue weighted by atomic mass is 16.5. The van der Waals surface area contributed by atoms with E-state index >= 15 is 0 Å². The van der Waals surface area contributed by atoms with Crippen LogP contribution >= 0.6 is 0 Å². The molecule has 0 radical (unpaired) electrons. The maximum Gasteiger partial charge on any atom is 0.356 e. The monoisotopic (exact) mass is 226 g/mol. The fraction of sp³-hybridized carbons (Fsp3) is 0.750. The van der Waals surface area contributed by atoms with Crippen LogP contribution < -0.4 is 0 Å². The molecule has 1 rings (SSSR count). The molecule has 4 nitrogen and oxygen atoms in total. The Bertz CT molecular complexity index is 256. The maximum atomic E-state index is 11.8. The van der Waals surface area contributed by atoms with Crippen molar-refractivity contribution >= 4 is 5.97 Å². The highest BCUT2D eigenvalue weighted by Gasteiger charge is 2.20. The number of carbonyl (C=O) groups is 1. The van der Waals surface area contributed by atoms with E-state index in [0.29, 0.717) is 12.3 Å². The van der Waals surface area contributed by atoms with Crippen molar-refractivity contribution in [1.29, 1.82) is 0 Å². The number of ether oxygens (including phenoxy) is 1. The average molecular weight is 226 g/mol. The second kappa shape index (κ2) is 6.40. The molecule has 0 aromatic rings. The minimum Gasteiger partial charge on any atom is -0.461 e. The highest BCUT2D eigenvalue weighted by molar-refractivity contribution is 5.87. The fourth-order valence-electron chi connectivity index (χ4n) is 1.85. The summed E-state index contributed by atoms with van der Waals surface area (Å²) in [6.45, 7) is 4.18. The molecule has 0 aliphatic carbocycles. The Morgan fingerprint density at radius 1 is 1.31 bits per heavy atom. The van der Waals surface area contributed by atoms with Gasteiger partial charge in [-0.2, -0.15) is 0 Å². The minimum atomic E-state index is -0.210. The quantitative estimate of drug-likeness (QED) is 0.536. The first-order valence-electron chi connectivity index (χ1n) is 5.95. The molecule has 0 atom stereocenters. The molecule has 1 aliphatic heterocycles. The third-order valence-corrected chi connectivity index (χ3v) is 2.56. The lowest BCUT2D eigenvalue weighted by Gasteiger charge is -2.30. The molecule has 0 amide bonds. The van der Waals surface area contributed by atoms with Crippen LogP contribution in [-0.2, 0) is 9.53 Å². The smallest absolute Gasteiger partial charge is 0.356 e. The van der Waals surface area contributed by atoms with Crippen LogP contribution in [0.1, 0.15) is 26.2 Å². The Labute approximate surface area is 97.9 Å². The van der Waals surface area contributed by atoms with Crippen molar-refractivity contribution in [2.45, 2.75) is 26.2 Å². The molecule has 0 bridgehead atoms. The van der Waals surface area contributed by atoms with E-state index in [9.17, 15) is 4.79 Å². The number of piperidine rings is 1. The standard InChI is InChI=1S/C12H22N2O2/c1-4-16-12(15)11(10-13(2)3)14-8-6-5-7-9-14/h10H,4-9H2,1-3H3/b11-10-. The number of nitrogens with zero attached hydrogens (tertiary/aromatic N) is 2. The molecular formula is C12H22N2O2. The van der Waals surface area contributed by atoms with Crippen molar-refractivity contribution in [3.63, 3.8) is 0 Å². The molecule has 0 aromatic carbocycles. The zero-order valence-electron chi connectivity index (χ0n) is 10.5. The summed E-state index contributed by atoms with van der Waals surface area (Å²) < 4.78 is 5.08. The van der Waals surface area contributed by atoms with Gasteiger partial charge in [-0.25, -0.2) is 4.79 Å². The van der Waals surface area contributed by atoms with E-state index in [1.807, 2.05) is 32.1 Å². The molecule has 1 fully saturated rings. The summed E-state index contributed by atoms with van der Waals surface area (Å²) >= 11 is 0. The first-order chi connectivity index (χ1) is 7.65. The van der Waals surface area contributed by atoms with Crippen LogP contribution in [0.4, 0.5) is 0 Å². The molecule has 0 saturated carbocycles. The first-order valence-corrected chi connectivity index (χ1v) is 5.95. The second-order valence-electron chi connectivity index (χ2n) is 4.25. The van der Waals surface area contributed by atoms with Crippen molar-refractivity contribution in [2.24, 2.45) is 0 Å². The summed E-state index contributed by atoms with van der Waals surface area (Å²) in [5.74, 6) is -0.210. The summed E-state index contributed by atoms with van der Waals surface area (Å²) in [4.78, 5) is 15.8. The largest absolute Gasteiger partial charge is 0.461 e. The van der Waals surface area contributed by atoms with Crippen LogP contribution in [-0.4, -0.2) is 49.6 Å². The fourth-order valence-corrected chi connectivity index (χ4v) is 1.85. The second-order valence-corrected chi connectivity index (χ2v) is 4.25. The van der Waals surface area contributed by atoms with Gasteiger partial charge in [0.25, 0.3) is 0 Å². The van der Waals surface area contributed by atoms with Crippen molar-refractivity contribution in [3.8, 4) is 0 Å². The van der Waals surface area contributed by atoms with Gasteiger partial charge in [0.1, 0.15) is 5.70 Å². The molecule has 0 N–H and O–H groups in total. The lowest BCUT2D eigenvalue weighted by Crippen LogP contribution is -2.34. The van der Waals surface area contributed by atoms with Crippen molar-refractivity contribution in [2.75, 3.05) is 33.8 Å². The number of esters is 1. The molecule has 1 aliphatic rings. The number of carbonyl (C=O) groups excluding carboxylic acids is 1. The van der Waals surface area contributed by atoms with E-state index < -0.39 is 0 Å². The summed E-state index contributed by atoms with van der Waals surface area (Å²) in [5.41, 5.74) is 0.687. The SMILES string of the molecule is CCOC(=O)/C(=C/N(C)C)N1CCCCC1. The molecule has 4 heteroatoms. The van der Waals surface area contributed by atoms with Crippen LogP contribution in [0, 0.1) is 0 Å². The average Bonchev–Trinajstić information content (AvgIpc) is 2.27. The van der Waals surface area contributed by atoms with Gasteiger partial charge in [0.15, 0.2) is 0 Å². The number of hydrogen-bond donors (Lipinski definition) is 0. The third-order valence-electron chi connectivity index (χ3n) is 2.56. The van der Waals surface area contributed by atoms with Crippen LogP contribution in [0.25, 0.3) is 0 Å². The van der Waals surface area contributed by atoms with E-state index in [0.717, 1.165) is 25.9 Å². The lowest BCUT2D eigenvalue weighted by atomic mass is 10.1. The van der Waals surface area contributed by atoms with Crippen molar-refractivity contribution < 1.29 is 9.53 Å². The molecule has 16 heavy (non-hydrogen) atoms. The Morgan fingerprint density at radius 3 is 2.44 bits per heavy atom. The van der Waals surface area contributed by atoms with Gasteiger partial charge >= 0.3 is 5.97 Å². The molecule has 0 aromatic heterocycles. The summed E-state index contributed by atoms with van der Waals surface area (Å²) in [6, 6.07) is 0. The Hall–Kier alpha value is -1.19. The molecular weight excluding hydrogens is 204 g/mol. The third kappa shape index (κ3) is 3.76. The summed E-state index contributed by atoms with van der Waals surface area (Å²) in [6.07, 6.45) is 5.42. The zero-order chi connectivity index (χ0) is 12.0. The van der Waals surface area contributed by atoms with Gasteiger partial charge < -0.3 is 14.5 Å². The van der Waals surface area contributed by atoms with Crippen LogP contribution in [0.3, 0.4) is 0 Å². The van der Waals surface area contributed by atoms with E-state index in [2.05, 4.69) is 4.90 Å². The van der Waals surface area contributed by atoms with Gasteiger partial charge in [0.2, 0.25) is 0 Å². The number of likely N-dealkylation sites (tertiary alicyclic amines) is 1. The first kappa shape index (κ1) is 12.9. The number of hydrogen-bond acceptors (Lipinski definition) is 4. The number of rotatable bonds is 4. The van der Waals surface area contributed by atoms with Crippen LogP contribution in [0.15, 0.2) is 11.9 Å². The van der Waals surface area contributed by atoms with Gasteiger partial charge in [-0.3, -0.25) is 0 Å². The Balaban J connectivity index is 2.73. The van der Waals surface area contributed by atoms with E-state index in [4.69, 9.17) is 4.74 Å². The van der Waals surface area contributed by atoms with E-state index in [1.54, 1.807) is 0 Å². The normalized spacial score (nSPS) is 17.2. The van der Waals surface area contributed by atoms with E-state index in [-0.39, 0.29) is 5.97 Å². The van der Waals surface area contributed by atoms with Gasteiger partial charge in [0, 0.05) is 33.4 Å². The summed E-state index contributed by atoms with van der Waals surface area (Å²) in [5, 5.41) is 0. The molecule has 92 valence electrons. The molecule has 0 unspecified atom stereocenters. The topological polar surface area (TPSA) is 32.8 Å². The van der Waals surface area contributed by atoms with Gasteiger partial charge in [-0.05, 0) is 26.2 Å². The van der Waals surface area contributed by atoms with Crippen molar-refractivity contribution in [1.82, 2.24) is 9.80 Å². The Kier molecular flexibility index (Phi) is 5.15. The molecule has 1 saturated heterocycles. The predicted molar refractivity (Wildman–Crippen MR) is 63.8 cm³/mol. The molecule has 1 heterocycles. The van der Waals surface area contributed by atoms with E-state index in [1.165, 1.54) is 6.42 Å². The van der Waals surface area contributed by atoms with Gasteiger partial charge in [-0.15, -0.1) is 0 Å². The minimum absolute atomic E-state index is 0.210. The van der Waals surface area contributed by atoms with Gasteiger partial charge in [0.05, 0.1) is 6.61 Å². The lowest BCUT2D eigenvalue weighted by molar-refractivity contribution is -0.140. The zero-order valence-corrected chi connectivity index (χ0v) is 10.5. The van der Waals surface area contributed by atoms with Crippen LogP contribution in [0.2, 0.25) is 0 Å². The van der Waals surface area contributed by atoms with Crippen molar-refractivity contribution in [3.05, 3.63) is 11.9 Å². The molecule has 0 spiro atoms. The maximum absolute atomic E-state index is 11.8. The van der Waals surface area contributed by atoms with Gasteiger partial charge in [-0.1, -0.05) is 0 Å².